The Balaban J connectivity index is 0.854. The van der Waals surface area contributed by atoms with Gasteiger partial charge in [0.15, 0.2) is 11.6 Å². The Hall–Kier alpha value is -4.07. The van der Waals surface area contributed by atoms with E-state index in [1.54, 1.807) is 6.07 Å². The molecule has 5 aliphatic rings. The maximum Gasteiger partial charge on any atom is 0.311 e. The summed E-state index contributed by atoms with van der Waals surface area (Å²) in [6.45, 7) is 4.13. The van der Waals surface area contributed by atoms with Crippen molar-refractivity contribution in [3.8, 4) is 11.1 Å². The number of Topliss-reactive ketones (excluding diaryl/α,β-unsaturated/α-hetero) is 1. The lowest BCUT2D eigenvalue weighted by molar-refractivity contribution is -0.152. The first-order chi connectivity index (χ1) is 28.9. The number of ether oxygens (including phenoxy) is 1. The zero-order valence-electron chi connectivity index (χ0n) is 34.9. The normalized spacial score (nSPS) is 25.2. The van der Waals surface area contributed by atoms with E-state index in [-0.39, 0.29) is 41.0 Å². The number of anilines is 1. The lowest BCUT2D eigenvalue weighted by Gasteiger charge is -2.37. The van der Waals surface area contributed by atoms with Crippen LogP contribution < -0.4 is 5.32 Å². The van der Waals surface area contributed by atoms with Crippen molar-refractivity contribution in [1.82, 2.24) is 28.9 Å². The van der Waals surface area contributed by atoms with E-state index in [9.17, 15) is 19.5 Å². The fourth-order valence-electron chi connectivity index (χ4n) is 11.3. The van der Waals surface area contributed by atoms with Crippen LogP contribution >= 0.6 is 23.2 Å². The molecule has 2 aromatic carbocycles. The van der Waals surface area contributed by atoms with Gasteiger partial charge in [-0.05, 0) is 87.8 Å². The number of esters is 1. The maximum atomic E-state index is 13.8. The third-order valence-electron chi connectivity index (χ3n) is 14.8. The number of hydrogen-bond donors (Lipinski definition) is 2. The molecule has 60 heavy (non-hydrogen) atoms. The van der Waals surface area contributed by atoms with Crippen molar-refractivity contribution >= 4 is 46.5 Å². The van der Waals surface area contributed by atoms with Gasteiger partial charge >= 0.3 is 5.97 Å². The Labute approximate surface area is 361 Å². The van der Waals surface area contributed by atoms with Crippen molar-refractivity contribution in [2.24, 2.45) is 24.9 Å². The molecule has 12 nitrogen and oxygen atoms in total. The lowest BCUT2D eigenvalue weighted by Crippen LogP contribution is -2.42. The second kappa shape index (κ2) is 16.3. The third-order valence-corrected chi connectivity index (χ3v) is 15.6. The van der Waals surface area contributed by atoms with E-state index in [2.05, 4.69) is 15.1 Å². The van der Waals surface area contributed by atoms with E-state index in [1.807, 2.05) is 53.6 Å². The molecule has 0 spiro atoms. The van der Waals surface area contributed by atoms with Gasteiger partial charge in [0, 0.05) is 88.1 Å². The van der Waals surface area contributed by atoms with Gasteiger partial charge in [-0.3, -0.25) is 24.2 Å². The summed E-state index contributed by atoms with van der Waals surface area (Å²) < 4.78 is 9.01. The molecule has 0 unspecified atom stereocenters. The highest BCUT2D eigenvalue weighted by Gasteiger charge is 2.58. The summed E-state index contributed by atoms with van der Waals surface area (Å²) in [4.78, 5) is 54.8. The number of imidazole rings is 2. The topological polar surface area (TPSA) is 135 Å². The number of nitrogens with zero attached hydrogens (tertiary/aromatic N) is 6. The van der Waals surface area contributed by atoms with Crippen molar-refractivity contribution < 1.29 is 24.2 Å². The van der Waals surface area contributed by atoms with Crippen molar-refractivity contribution in [1.29, 1.82) is 0 Å². The number of benzene rings is 2. The molecule has 3 saturated carbocycles. The molecule has 2 bridgehead atoms. The standard InChI is InChI=1S/C46H55Cl2N7O5/c1-52-37-15-22-55(29-10-12-30(56)13-11-29)26-35(37)49-41(52)38(57)24-28-6-4-7-31(39(28)47)32-8-5-9-33(40(32)48)51-43(58)42-50-34-25-54(21-14-36(34)53(42)2)23-20-45-16-18-46(27-45,19-17-45)44(59)60-3/h4-9,29-30,56H,10-27H2,1-3H3,(H,51,58). The molecule has 4 aromatic rings. The molecule has 2 N–H and O–H groups in total. The molecule has 9 rings (SSSR count). The number of amides is 1. The average Bonchev–Trinajstić information content (AvgIpc) is 4.01. The van der Waals surface area contributed by atoms with Crippen LogP contribution in [0.25, 0.3) is 11.1 Å². The second-order valence-electron chi connectivity index (χ2n) is 18.2. The van der Waals surface area contributed by atoms with Gasteiger partial charge in [-0.2, -0.15) is 0 Å². The predicted molar refractivity (Wildman–Crippen MR) is 230 cm³/mol. The average molecular weight is 857 g/mol. The highest BCUT2D eigenvalue weighted by molar-refractivity contribution is 6.39. The Morgan fingerprint density at radius 1 is 0.850 bits per heavy atom. The minimum atomic E-state index is -0.351. The van der Waals surface area contributed by atoms with Crippen LogP contribution in [0.3, 0.4) is 0 Å². The Morgan fingerprint density at radius 3 is 2.23 bits per heavy atom. The van der Waals surface area contributed by atoms with Gasteiger partial charge in [-0.1, -0.05) is 53.5 Å². The number of halogens is 2. The smallest absolute Gasteiger partial charge is 0.311 e. The number of carbonyl (C=O) groups is 3. The number of nitrogens with one attached hydrogen (secondary N) is 1. The highest BCUT2D eigenvalue weighted by Crippen LogP contribution is 2.63. The molecule has 0 atom stereocenters. The first-order valence-electron chi connectivity index (χ1n) is 21.6. The van der Waals surface area contributed by atoms with Crippen molar-refractivity contribution in [2.45, 2.75) is 109 Å². The number of methoxy groups -OCH3 is 1. The number of aliphatic hydroxyl groups is 1. The van der Waals surface area contributed by atoms with E-state index in [1.165, 1.54) is 7.11 Å². The molecule has 2 aliphatic heterocycles. The van der Waals surface area contributed by atoms with Gasteiger partial charge in [-0.15, -0.1) is 0 Å². The van der Waals surface area contributed by atoms with Crippen molar-refractivity contribution in [3.63, 3.8) is 0 Å². The number of hydrogen-bond acceptors (Lipinski definition) is 9. The van der Waals surface area contributed by atoms with Crippen LogP contribution in [0.4, 0.5) is 5.69 Å². The van der Waals surface area contributed by atoms with E-state index >= 15 is 0 Å². The molecule has 1 amide bonds. The zero-order chi connectivity index (χ0) is 41.9. The van der Waals surface area contributed by atoms with Gasteiger partial charge < -0.3 is 24.3 Å². The lowest BCUT2D eigenvalue weighted by atomic mass is 9.80. The molecular weight excluding hydrogens is 801 g/mol. The minimum absolute atomic E-state index is 0.0385. The largest absolute Gasteiger partial charge is 0.469 e. The summed E-state index contributed by atoms with van der Waals surface area (Å²) in [5.74, 6) is 0.256. The number of fused-ring (bicyclic) bond motifs is 4. The third kappa shape index (κ3) is 7.50. The van der Waals surface area contributed by atoms with Crippen molar-refractivity contribution in [3.05, 3.63) is 86.4 Å². The fraction of sp³-hybridized carbons (Fsp3) is 0.543. The Morgan fingerprint density at radius 2 is 1.50 bits per heavy atom. The Kier molecular flexibility index (Phi) is 11.2. The number of carbonyl (C=O) groups excluding carboxylic acids is 3. The molecule has 3 fully saturated rings. The van der Waals surface area contributed by atoms with Gasteiger partial charge in [0.1, 0.15) is 0 Å². The van der Waals surface area contributed by atoms with E-state index in [0.717, 1.165) is 119 Å². The first-order valence-corrected chi connectivity index (χ1v) is 22.4. The van der Waals surface area contributed by atoms with Gasteiger partial charge in [-0.25, -0.2) is 9.97 Å². The van der Waals surface area contributed by atoms with Gasteiger partial charge in [0.2, 0.25) is 5.78 Å². The van der Waals surface area contributed by atoms with E-state index in [4.69, 9.17) is 37.9 Å². The van der Waals surface area contributed by atoms with E-state index in [0.29, 0.717) is 63.2 Å². The van der Waals surface area contributed by atoms with Crippen molar-refractivity contribution in [2.75, 3.05) is 32.1 Å². The van der Waals surface area contributed by atoms with Gasteiger partial charge in [0.25, 0.3) is 5.91 Å². The summed E-state index contributed by atoms with van der Waals surface area (Å²) in [5.41, 5.74) is 6.37. The van der Waals surface area contributed by atoms with Crippen LogP contribution in [-0.2, 0) is 56.0 Å². The van der Waals surface area contributed by atoms with Gasteiger partial charge in [0.05, 0.1) is 45.7 Å². The molecule has 0 radical (unpaired) electrons. The minimum Gasteiger partial charge on any atom is -0.469 e. The first kappa shape index (κ1) is 41.3. The molecule has 318 valence electrons. The summed E-state index contributed by atoms with van der Waals surface area (Å²) in [6, 6.07) is 11.5. The quantitative estimate of drug-likeness (QED) is 0.117. The van der Waals surface area contributed by atoms with Crippen LogP contribution in [0, 0.1) is 10.8 Å². The number of aromatic nitrogens is 4. The molecule has 14 heteroatoms. The summed E-state index contributed by atoms with van der Waals surface area (Å²) in [5, 5.41) is 13.8. The van der Waals surface area contributed by atoms with Crippen LogP contribution in [0.15, 0.2) is 36.4 Å². The number of rotatable bonds is 11. The molecule has 2 aromatic heterocycles. The molecule has 4 heterocycles. The Bertz CT molecular complexity index is 2340. The molecular formula is C46H55Cl2N7O5. The SMILES string of the molecule is COC(=O)C12CCC(CCN3CCc4c(nc(C(=O)Nc5cccc(-c6cccc(CC(=O)c7nc8c(n7C)CCN(C7CCC(O)CC7)C8)c6Cl)c5Cl)n4C)C3)(CC1)C2. The predicted octanol–water partition coefficient (Wildman–Crippen LogP) is 7.34. The van der Waals surface area contributed by atoms with Crippen LogP contribution in [0.5, 0.6) is 0 Å². The fourth-order valence-corrected chi connectivity index (χ4v) is 11.8. The highest BCUT2D eigenvalue weighted by atomic mass is 35.5. The maximum absolute atomic E-state index is 13.8. The monoisotopic (exact) mass is 855 g/mol. The molecule has 0 saturated heterocycles. The van der Waals surface area contributed by atoms with Crippen LogP contribution in [0.2, 0.25) is 10.0 Å². The van der Waals surface area contributed by atoms with Crippen LogP contribution in [0.1, 0.15) is 114 Å². The summed E-state index contributed by atoms with van der Waals surface area (Å²) in [7, 11) is 5.31. The zero-order valence-corrected chi connectivity index (χ0v) is 36.4. The van der Waals surface area contributed by atoms with Crippen LogP contribution in [-0.4, -0.2) is 90.6 Å². The number of aliphatic hydroxyl groups excluding tert-OH is 1. The molecule has 3 aliphatic carbocycles. The van der Waals surface area contributed by atoms with E-state index < -0.39 is 0 Å². The second-order valence-corrected chi connectivity index (χ2v) is 18.9. The summed E-state index contributed by atoms with van der Waals surface area (Å²) in [6.07, 6.45) is 11.2. The number of ketones is 1. The summed E-state index contributed by atoms with van der Waals surface area (Å²) >= 11 is 14.1.